The van der Waals surface area contributed by atoms with E-state index in [9.17, 15) is 9.59 Å². The monoisotopic (exact) mass is 395 g/mol. The molecule has 1 saturated heterocycles. The molecule has 0 aromatic heterocycles. The lowest BCUT2D eigenvalue weighted by molar-refractivity contribution is -0.156. The van der Waals surface area contributed by atoms with Gasteiger partial charge in [-0.1, -0.05) is 60.7 Å². The van der Waals surface area contributed by atoms with Crippen molar-refractivity contribution in [3.8, 4) is 0 Å². The van der Waals surface area contributed by atoms with E-state index in [4.69, 9.17) is 10.5 Å². The first kappa shape index (κ1) is 19.2. The molecule has 4 nitrogen and oxygen atoms in total. The molecule has 1 aliphatic carbocycles. The zero-order chi connectivity index (χ0) is 19.9. The van der Waals surface area contributed by atoms with Crippen molar-refractivity contribution in [3.05, 3.63) is 71.8 Å². The van der Waals surface area contributed by atoms with E-state index in [2.05, 4.69) is 0 Å². The number of thioether (sulfide) groups is 1. The summed E-state index contributed by atoms with van der Waals surface area (Å²) in [6, 6.07) is 19.0. The van der Waals surface area contributed by atoms with Crippen LogP contribution in [0.4, 0.5) is 0 Å². The number of carbonyl (C=O) groups excluding carboxylic acids is 2. The molecule has 28 heavy (non-hydrogen) atoms. The normalized spacial score (nSPS) is 28.4. The Morgan fingerprint density at radius 3 is 2.14 bits per heavy atom. The van der Waals surface area contributed by atoms with Crippen LogP contribution in [0.5, 0.6) is 0 Å². The Bertz CT molecular complexity index is 828. The van der Waals surface area contributed by atoms with E-state index in [0.717, 1.165) is 11.1 Å². The number of nitrogens with two attached hydrogens (primary N) is 1. The van der Waals surface area contributed by atoms with Gasteiger partial charge in [-0.05, 0) is 31.4 Å². The van der Waals surface area contributed by atoms with Crippen LogP contribution in [0.1, 0.15) is 37.5 Å². The summed E-state index contributed by atoms with van der Waals surface area (Å²) in [5, 5.41) is 0.0990. The molecule has 2 aromatic rings. The van der Waals surface area contributed by atoms with Crippen LogP contribution in [0.3, 0.4) is 0 Å². The number of esters is 1. The Labute approximate surface area is 169 Å². The van der Waals surface area contributed by atoms with Gasteiger partial charge < -0.3 is 10.5 Å². The summed E-state index contributed by atoms with van der Waals surface area (Å²) in [7, 11) is 0. The van der Waals surface area contributed by atoms with Gasteiger partial charge in [0.2, 0.25) is 0 Å². The molecule has 2 N–H and O–H groups in total. The molecule has 4 atom stereocenters. The molecule has 0 spiro atoms. The van der Waals surface area contributed by atoms with Crippen molar-refractivity contribution in [2.75, 3.05) is 0 Å². The van der Waals surface area contributed by atoms with E-state index in [0.29, 0.717) is 6.42 Å². The predicted molar refractivity (Wildman–Crippen MR) is 111 cm³/mol. The summed E-state index contributed by atoms with van der Waals surface area (Å²) < 4.78 is 5.73. The quantitative estimate of drug-likeness (QED) is 0.799. The molecule has 2 fully saturated rings. The summed E-state index contributed by atoms with van der Waals surface area (Å²) in [5.41, 5.74) is 7.81. The third kappa shape index (κ3) is 3.38. The average Bonchev–Trinajstić information content (AvgIpc) is 3.10. The number of rotatable bonds is 4. The number of ketones is 1. The fourth-order valence-electron chi connectivity index (χ4n) is 4.54. The highest BCUT2D eigenvalue weighted by atomic mass is 32.2. The molecule has 0 radical (unpaired) electrons. The van der Waals surface area contributed by atoms with Crippen LogP contribution in [-0.4, -0.2) is 27.8 Å². The molecular weight excluding hydrogens is 370 g/mol. The highest BCUT2D eigenvalue weighted by Gasteiger charge is 2.60. The van der Waals surface area contributed by atoms with Crippen LogP contribution >= 0.6 is 11.8 Å². The van der Waals surface area contributed by atoms with Gasteiger partial charge in [0, 0.05) is 15.9 Å². The lowest BCUT2D eigenvalue weighted by atomic mass is 9.81. The first-order valence-corrected chi connectivity index (χ1v) is 10.5. The van der Waals surface area contributed by atoms with Crippen molar-refractivity contribution < 1.29 is 14.3 Å². The average molecular weight is 396 g/mol. The van der Waals surface area contributed by atoms with Crippen LogP contribution in [0.25, 0.3) is 0 Å². The summed E-state index contributed by atoms with van der Waals surface area (Å²) in [6.07, 6.45) is 0.141. The summed E-state index contributed by atoms with van der Waals surface area (Å²) >= 11 is 1.70. The maximum Gasteiger partial charge on any atom is 0.312 e. The fraction of sp³-hybridized carbons (Fsp3) is 0.391. The molecular formula is C23H25NO3S. The second-order valence-corrected chi connectivity index (χ2v) is 10.0. The molecule has 1 saturated carbocycles. The Hall–Kier alpha value is -2.11. The molecule has 4 rings (SSSR count). The van der Waals surface area contributed by atoms with E-state index >= 15 is 0 Å². The number of benzene rings is 2. The third-order valence-corrected chi connectivity index (χ3v) is 7.49. The third-order valence-electron chi connectivity index (χ3n) is 5.84. The summed E-state index contributed by atoms with van der Waals surface area (Å²) in [6.45, 7) is 4.06. The Morgan fingerprint density at radius 2 is 1.61 bits per heavy atom. The number of carbonyl (C=O) groups is 2. The zero-order valence-corrected chi connectivity index (χ0v) is 16.9. The second kappa shape index (κ2) is 7.37. The second-order valence-electron chi connectivity index (χ2n) is 8.15. The van der Waals surface area contributed by atoms with Crippen molar-refractivity contribution in [3.63, 3.8) is 0 Å². The molecule has 0 amide bonds. The first-order chi connectivity index (χ1) is 13.4. The topological polar surface area (TPSA) is 69.4 Å². The van der Waals surface area contributed by atoms with Gasteiger partial charge in [-0.25, -0.2) is 0 Å². The number of Topliss-reactive ketones (excluding diaryl/α,β-unsaturated/α-hetero) is 1. The van der Waals surface area contributed by atoms with Gasteiger partial charge in [-0.3, -0.25) is 9.59 Å². The Morgan fingerprint density at radius 1 is 1.07 bits per heavy atom. The molecule has 5 heteroatoms. The number of hydrogen-bond acceptors (Lipinski definition) is 5. The Kier molecular flexibility index (Phi) is 5.06. The van der Waals surface area contributed by atoms with Crippen molar-refractivity contribution in [1.82, 2.24) is 0 Å². The largest absolute Gasteiger partial charge is 0.452 e. The minimum Gasteiger partial charge on any atom is -0.452 e. The smallest absolute Gasteiger partial charge is 0.312 e. The van der Waals surface area contributed by atoms with E-state index < -0.39 is 18.1 Å². The van der Waals surface area contributed by atoms with E-state index in [-0.39, 0.29) is 27.7 Å². The summed E-state index contributed by atoms with van der Waals surface area (Å²) in [4.78, 5) is 26.1. The Balaban J connectivity index is 1.65. The van der Waals surface area contributed by atoms with Crippen molar-refractivity contribution in [2.24, 2.45) is 17.6 Å². The lowest BCUT2D eigenvalue weighted by Crippen LogP contribution is -2.41. The minimum atomic E-state index is -0.500. The molecule has 146 valence electrons. The molecule has 0 bridgehead atoms. The van der Waals surface area contributed by atoms with Crippen LogP contribution in [0.15, 0.2) is 60.7 Å². The van der Waals surface area contributed by atoms with Gasteiger partial charge >= 0.3 is 5.97 Å². The van der Waals surface area contributed by atoms with E-state index in [1.165, 1.54) is 0 Å². The highest BCUT2D eigenvalue weighted by Crippen LogP contribution is 2.56. The van der Waals surface area contributed by atoms with E-state index in [1.54, 1.807) is 11.8 Å². The standard InChI is InChI=1S/C23H25NO3S/c1-23(2)19(18-17(28-23)13-16(24)20(18)25)22(26)27-21(14-9-5-3-6-10-14)15-11-7-4-8-12-15/h3-12,16-19,21H,13,24H2,1-2H3/t16?,17-,18?,19+/m1/s1. The fourth-order valence-corrected chi connectivity index (χ4v) is 6.45. The van der Waals surface area contributed by atoms with Crippen molar-refractivity contribution >= 4 is 23.5 Å². The molecule has 2 aliphatic rings. The maximum atomic E-state index is 13.4. The lowest BCUT2D eigenvalue weighted by Gasteiger charge is -2.29. The van der Waals surface area contributed by atoms with Gasteiger partial charge in [0.05, 0.1) is 12.0 Å². The minimum absolute atomic E-state index is 0.000923. The summed E-state index contributed by atoms with van der Waals surface area (Å²) in [5.74, 6) is -1.15. The number of fused-ring (bicyclic) bond motifs is 1. The molecule has 2 aromatic carbocycles. The van der Waals surface area contributed by atoms with Crippen LogP contribution in [-0.2, 0) is 14.3 Å². The van der Waals surface area contributed by atoms with Crippen LogP contribution in [0.2, 0.25) is 0 Å². The van der Waals surface area contributed by atoms with Gasteiger partial charge in [0.15, 0.2) is 11.9 Å². The van der Waals surface area contributed by atoms with Crippen molar-refractivity contribution in [1.29, 1.82) is 0 Å². The van der Waals surface area contributed by atoms with Gasteiger partial charge in [0.25, 0.3) is 0 Å². The molecule has 1 aliphatic heterocycles. The van der Waals surface area contributed by atoms with E-state index in [1.807, 2.05) is 74.5 Å². The SMILES string of the molecule is CC1(C)S[C@@H]2CC(N)C(=O)C2[C@H]1C(=O)OC(c1ccccc1)c1ccccc1. The first-order valence-electron chi connectivity index (χ1n) is 9.66. The number of ether oxygens (including phenoxy) is 1. The maximum absolute atomic E-state index is 13.4. The molecule has 1 heterocycles. The van der Waals surface area contributed by atoms with Crippen LogP contribution < -0.4 is 5.73 Å². The van der Waals surface area contributed by atoms with Gasteiger partial charge in [0.1, 0.15) is 0 Å². The van der Waals surface area contributed by atoms with Crippen LogP contribution in [0, 0.1) is 11.8 Å². The predicted octanol–water partition coefficient (Wildman–Crippen LogP) is 3.75. The van der Waals surface area contributed by atoms with Gasteiger partial charge in [-0.15, -0.1) is 0 Å². The highest BCUT2D eigenvalue weighted by molar-refractivity contribution is 8.01. The van der Waals surface area contributed by atoms with Gasteiger partial charge in [-0.2, -0.15) is 11.8 Å². The van der Waals surface area contributed by atoms with Crippen molar-refractivity contribution in [2.45, 2.75) is 42.4 Å². The number of hydrogen-bond donors (Lipinski definition) is 1. The molecule has 2 unspecified atom stereocenters. The zero-order valence-electron chi connectivity index (χ0n) is 16.1.